The van der Waals surface area contributed by atoms with E-state index in [4.69, 9.17) is 9.84 Å². The summed E-state index contributed by atoms with van der Waals surface area (Å²) in [6.07, 6.45) is 6.67. The Hall–Kier alpha value is -5.51. The zero-order valence-electron chi connectivity index (χ0n) is 32.8. The van der Waals surface area contributed by atoms with E-state index in [0.29, 0.717) is 52.9 Å². The molecule has 16 heteroatoms. The fourth-order valence-electron chi connectivity index (χ4n) is 10.0. The predicted molar refractivity (Wildman–Crippen MR) is 212 cm³/mol. The number of halogens is 3. The van der Waals surface area contributed by atoms with Crippen LogP contribution >= 0.6 is 0 Å². The molecule has 2 aromatic heterocycles. The average Bonchev–Trinajstić information content (AvgIpc) is 3.78. The Morgan fingerprint density at radius 2 is 1.75 bits per heavy atom. The standard InChI is InChI=1S/C43H47F3N8O5/c1-59-36-19-33-26(18-34(36)49-39(56)32-6-3-7-37(48-32)43(44,45)46)23-54(51-33)28-10-8-25(9-11-28)22-52-16-14-42(15-17-52)20-27(21-42)47-31-5-2-4-29-30(31)24-53(41(29)58)35-12-13-38(55)50-40(35)57/h2-7,18-19,23,25,27-28,35,47H,8-17,20-22,24H2,1H3,(H,49,56)(H,50,55,57)/t25-,28-,35?. The number of rotatable bonds is 9. The van der Waals surface area contributed by atoms with Crippen LogP contribution in [0.15, 0.2) is 54.7 Å². The Morgan fingerprint density at radius 1 is 0.983 bits per heavy atom. The number of ether oxygens (including phenoxy) is 1. The minimum absolute atomic E-state index is 0.153. The molecule has 0 radical (unpaired) electrons. The van der Waals surface area contributed by atoms with Crippen LogP contribution < -0.4 is 20.7 Å². The van der Waals surface area contributed by atoms with Crippen LogP contribution in [-0.2, 0) is 22.3 Å². The Bertz CT molecular complexity index is 2310. The predicted octanol–water partition coefficient (Wildman–Crippen LogP) is 6.56. The van der Waals surface area contributed by atoms with Crippen molar-refractivity contribution in [2.24, 2.45) is 11.3 Å². The number of benzene rings is 2. The number of likely N-dealkylation sites (tertiary alicyclic amines) is 1. The maximum absolute atomic E-state index is 13.3. The van der Waals surface area contributed by atoms with Gasteiger partial charge in [0.05, 0.1) is 24.4 Å². The fourth-order valence-corrected chi connectivity index (χ4v) is 10.0. The van der Waals surface area contributed by atoms with Gasteiger partial charge in [-0.05, 0) is 113 Å². The fraction of sp³-hybridized carbons (Fsp3) is 0.488. The number of nitrogens with one attached hydrogen (secondary N) is 3. The van der Waals surface area contributed by atoms with Gasteiger partial charge in [0.25, 0.3) is 11.8 Å². The van der Waals surface area contributed by atoms with Crippen molar-refractivity contribution in [1.29, 1.82) is 0 Å². The summed E-state index contributed by atoms with van der Waals surface area (Å²) < 4.78 is 47.0. The summed E-state index contributed by atoms with van der Waals surface area (Å²) >= 11 is 0. The van der Waals surface area contributed by atoms with Gasteiger partial charge in [-0.15, -0.1) is 0 Å². The van der Waals surface area contributed by atoms with Crippen molar-refractivity contribution in [3.63, 3.8) is 0 Å². The molecule has 1 spiro atoms. The van der Waals surface area contributed by atoms with E-state index in [-0.39, 0.29) is 30.0 Å². The van der Waals surface area contributed by atoms with Gasteiger partial charge in [0.1, 0.15) is 23.2 Å². The van der Waals surface area contributed by atoms with E-state index in [0.717, 1.165) is 86.9 Å². The second-order valence-electron chi connectivity index (χ2n) is 17.0. The van der Waals surface area contributed by atoms with Gasteiger partial charge < -0.3 is 25.2 Å². The summed E-state index contributed by atoms with van der Waals surface area (Å²) in [5, 5.41) is 14.4. The summed E-state index contributed by atoms with van der Waals surface area (Å²) in [7, 11) is 1.46. The van der Waals surface area contributed by atoms with E-state index in [1.807, 2.05) is 29.1 Å². The van der Waals surface area contributed by atoms with E-state index in [2.05, 4.69) is 25.8 Å². The first-order chi connectivity index (χ1) is 28.3. The van der Waals surface area contributed by atoms with Crippen LogP contribution in [0.2, 0.25) is 0 Å². The third-order valence-corrected chi connectivity index (χ3v) is 13.3. The lowest BCUT2D eigenvalue weighted by atomic mass is 9.60. The first-order valence-electron chi connectivity index (χ1n) is 20.5. The van der Waals surface area contributed by atoms with Crippen LogP contribution in [-0.4, -0.2) is 87.0 Å². The van der Waals surface area contributed by atoms with Crippen LogP contribution in [0.5, 0.6) is 5.75 Å². The Morgan fingerprint density at radius 3 is 2.47 bits per heavy atom. The number of pyridine rings is 1. The molecule has 0 bridgehead atoms. The molecule has 5 aliphatic rings. The number of piperidine rings is 2. The Labute approximate surface area is 339 Å². The van der Waals surface area contributed by atoms with Crippen molar-refractivity contribution in [2.45, 2.75) is 95.1 Å². The molecule has 1 atom stereocenters. The molecule has 310 valence electrons. The lowest BCUT2D eigenvalue weighted by Crippen LogP contribution is -2.52. The highest BCUT2D eigenvalue weighted by atomic mass is 19.4. The van der Waals surface area contributed by atoms with Gasteiger partial charge in [-0.3, -0.25) is 29.2 Å². The molecule has 1 unspecified atom stereocenters. The van der Waals surface area contributed by atoms with E-state index in [1.54, 1.807) is 17.0 Å². The van der Waals surface area contributed by atoms with E-state index >= 15 is 0 Å². The van der Waals surface area contributed by atoms with Gasteiger partial charge in [-0.2, -0.15) is 18.3 Å². The topological polar surface area (TPSA) is 151 Å². The lowest BCUT2D eigenvalue weighted by Gasteiger charge is -2.53. The minimum atomic E-state index is -4.66. The zero-order valence-corrected chi connectivity index (χ0v) is 32.8. The quantitative estimate of drug-likeness (QED) is 0.160. The van der Waals surface area contributed by atoms with Crippen LogP contribution in [0.4, 0.5) is 24.5 Å². The highest BCUT2D eigenvalue weighted by Crippen LogP contribution is 2.51. The molecule has 2 aliphatic carbocycles. The number of hydrogen-bond acceptors (Lipinski definition) is 9. The van der Waals surface area contributed by atoms with Gasteiger partial charge in [-0.25, -0.2) is 4.98 Å². The van der Waals surface area contributed by atoms with Gasteiger partial charge in [0, 0.05) is 60.0 Å². The van der Waals surface area contributed by atoms with Gasteiger partial charge in [-0.1, -0.05) is 12.1 Å². The average molecular weight is 813 g/mol. The summed E-state index contributed by atoms with van der Waals surface area (Å²) in [6, 6.07) is 12.4. The molecular weight excluding hydrogens is 766 g/mol. The first kappa shape index (κ1) is 39.0. The molecule has 5 heterocycles. The van der Waals surface area contributed by atoms with Crippen molar-refractivity contribution in [1.82, 2.24) is 29.9 Å². The smallest absolute Gasteiger partial charge is 0.433 e. The van der Waals surface area contributed by atoms with Crippen molar-refractivity contribution in [3.8, 4) is 5.75 Å². The second-order valence-corrected chi connectivity index (χ2v) is 17.0. The van der Waals surface area contributed by atoms with Gasteiger partial charge in [0.2, 0.25) is 11.8 Å². The summed E-state index contributed by atoms with van der Waals surface area (Å²) in [5.41, 5.74) is 2.41. The molecule has 59 heavy (non-hydrogen) atoms. The number of amides is 4. The Balaban J connectivity index is 0.743. The molecule has 4 aromatic rings. The SMILES string of the molecule is COc1cc2nn([C@H]3CC[C@H](CN4CCC5(CC4)CC(Nc4cccc6c4CN(C4CCC(=O)NC4=O)C6=O)C5)CC3)cc2cc1NC(=O)c1cccc(C(F)(F)F)n1. The van der Waals surface area contributed by atoms with Crippen molar-refractivity contribution < 1.29 is 37.1 Å². The maximum Gasteiger partial charge on any atom is 0.433 e. The summed E-state index contributed by atoms with van der Waals surface area (Å²) in [4.78, 5) is 58.1. The van der Waals surface area contributed by atoms with Crippen molar-refractivity contribution in [3.05, 3.63) is 77.2 Å². The number of hydrogen-bond donors (Lipinski definition) is 3. The maximum atomic E-state index is 13.3. The largest absolute Gasteiger partial charge is 0.494 e. The van der Waals surface area contributed by atoms with Gasteiger partial charge >= 0.3 is 6.18 Å². The van der Waals surface area contributed by atoms with Crippen LogP contribution in [0.25, 0.3) is 10.9 Å². The van der Waals surface area contributed by atoms with Gasteiger partial charge in [0.15, 0.2) is 0 Å². The number of carbonyl (C=O) groups is 4. The van der Waals surface area contributed by atoms with Crippen molar-refractivity contribution in [2.75, 3.05) is 37.4 Å². The van der Waals surface area contributed by atoms with Crippen molar-refractivity contribution >= 4 is 45.9 Å². The number of alkyl halides is 3. The lowest BCUT2D eigenvalue weighted by molar-refractivity contribution is -0.141. The molecule has 13 nitrogen and oxygen atoms in total. The number of imide groups is 1. The zero-order chi connectivity index (χ0) is 41.1. The highest BCUT2D eigenvalue weighted by Gasteiger charge is 2.47. The van der Waals surface area contributed by atoms with E-state index < -0.39 is 29.7 Å². The second kappa shape index (κ2) is 15.3. The highest BCUT2D eigenvalue weighted by molar-refractivity contribution is 6.06. The van der Waals surface area contributed by atoms with E-state index in [1.165, 1.54) is 26.0 Å². The third kappa shape index (κ3) is 7.74. The van der Waals surface area contributed by atoms with Crippen LogP contribution in [0, 0.1) is 11.3 Å². The van der Waals surface area contributed by atoms with Crippen LogP contribution in [0.1, 0.15) is 102 Å². The minimum Gasteiger partial charge on any atom is -0.494 e. The molecule has 9 rings (SSSR count). The molecule has 2 saturated heterocycles. The number of aromatic nitrogens is 3. The molecule has 2 aromatic carbocycles. The number of carbonyl (C=O) groups excluding carboxylic acids is 4. The molecule has 2 saturated carbocycles. The number of anilines is 2. The monoisotopic (exact) mass is 812 g/mol. The molecule has 3 N–H and O–H groups in total. The normalized spacial score (nSPS) is 23.6. The third-order valence-electron chi connectivity index (χ3n) is 13.3. The first-order valence-corrected chi connectivity index (χ1v) is 20.5. The molecule has 4 fully saturated rings. The van der Waals surface area contributed by atoms with E-state index in [9.17, 15) is 32.3 Å². The molecule has 4 amide bonds. The summed E-state index contributed by atoms with van der Waals surface area (Å²) in [5.74, 6) is -0.644. The number of nitrogens with zero attached hydrogens (tertiary/aromatic N) is 5. The summed E-state index contributed by atoms with van der Waals surface area (Å²) in [6.45, 7) is 3.65. The number of methoxy groups -OCH3 is 1. The molecular formula is C43H47F3N8O5. The number of fused-ring (bicyclic) bond motifs is 2. The Kier molecular flexibility index (Phi) is 10.1. The molecule has 3 aliphatic heterocycles. The van der Waals surface area contributed by atoms with Crippen LogP contribution in [0.3, 0.4) is 0 Å².